The lowest BCUT2D eigenvalue weighted by Gasteiger charge is -2.29. The lowest BCUT2D eigenvalue weighted by Crippen LogP contribution is -2.39. The highest BCUT2D eigenvalue weighted by Gasteiger charge is 2.37. The Kier molecular flexibility index (Phi) is 2.93. The van der Waals surface area contributed by atoms with E-state index in [0.29, 0.717) is 6.61 Å². The molecule has 14 heavy (non-hydrogen) atoms. The zero-order chi connectivity index (χ0) is 10.8. The van der Waals surface area contributed by atoms with E-state index in [1.54, 1.807) is 20.8 Å². The van der Waals surface area contributed by atoms with Crippen molar-refractivity contribution < 1.29 is 19.1 Å². The van der Waals surface area contributed by atoms with Crippen LogP contribution in [0.3, 0.4) is 0 Å². The molecule has 0 radical (unpaired) electrons. The zero-order valence-corrected chi connectivity index (χ0v) is 8.62. The maximum absolute atomic E-state index is 11.5. The fraction of sp³-hybridized carbons (Fsp3) is 0.600. The van der Waals surface area contributed by atoms with E-state index in [9.17, 15) is 9.59 Å². The largest absolute Gasteiger partial charge is 0.500 e. The molecule has 0 atom stereocenters. The molecule has 0 aromatic rings. The van der Waals surface area contributed by atoms with Gasteiger partial charge in [-0.1, -0.05) is 0 Å². The molecule has 0 bridgehead atoms. The molecule has 0 saturated carbocycles. The van der Waals surface area contributed by atoms with Gasteiger partial charge >= 0.3 is 5.97 Å². The van der Waals surface area contributed by atoms with Gasteiger partial charge in [0.1, 0.15) is 17.4 Å². The van der Waals surface area contributed by atoms with E-state index in [1.807, 2.05) is 0 Å². The average Bonchev–Trinajstić information content (AvgIpc) is 2.00. The van der Waals surface area contributed by atoms with E-state index in [-0.39, 0.29) is 17.8 Å². The molecule has 0 unspecified atom stereocenters. The minimum atomic E-state index is -0.697. The number of esters is 1. The molecule has 0 N–H and O–H groups in total. The summed E-state index contributed by atoms with van der Waals surface area (Å²) in [7, 11) is 0. The quantitative estimate of drug-likeness (QED) is 0.289. The Morgan fingerprint density at radius 2 is 2.14 bits per heavy atom. The standard InChI is InChI=1S/C10H14O4/c1-4-13-6-7-8(11)5-10(2,3)14-9(7)12/h6H,4-5H2,1-3H3/b7-6-. The maximum atomic E-state index is 11.5. The smallest absolute Gasteiger partial charge is 0.345 e. The summed E-state index contributed by atoms with van der Waals surface area (Å²) in [6.07, 6.45) is 1.39. The second-order valence-corrected chi connectivity index (χ2v) is 3.74. The number of rotatable bonds is 2. The second-order valence-electron chi connectivity index (χ2n) is 3.74. The lowest BCUT2D eigenvalue weighted by molar-refractivity contribution is -0.159. The van der Waals surface area contributed by atoms with Gasteiger partial charge in [0, 0.05) is 0 Å². The van der Waals surface area contributed by atoms with Gasteiger partial charge in [0.25, 0.3) is 0 Å². The number of ether oxygens (including phenoxy) is 2. The highest BCUT2D eigenvalue weighted by molar-refractivity contribution is 6.18. The number of hydrogen-bond acceptors (Lipinski definition) is 4. The fourth-order valence-corrected chi connectivity index (χ4v) is 1.22. The summed E-state index contributed by atoms with van der Waals surface area (Å²) in [4.78, 5) is 22.8. The summed E-state index contributed by atoms with van der Waals surface area (Å²) in [6, 6.07) is 0. The van der Waals surface area contributed by atoms with E-state index in [0.717, 1.165) is 0 Å². The molecule has 0 aliphatic carbocycles. The van der Waals surface area contributed by atoms with Crippen LogP contribution in [0.15, 0.2) is 11.8 Å². The van der Waals surface area contributed by atoms with Crippen LogP contribution in [0.2, 0.25) is 0 Å². The Bertz CT molecular complexity index is 266. The highest BCUT2D eigenvalue weighted by atomic mass is 16.6. The minimum Gasteiger partial charge on any atom is -0.500 e. The first kappa shape index (κ1) is 10.8. The number of Topliss-reactive ketones (excluding diaryl/α,β-unsaturated/α-hetero) is 1. The topological polar surface area (TPSA) is 52.6 Å². The fourth-order valence-electron chi connectivity index (χ4n) is 1.22. The van der Waals surface area contributed by atoms with Gasteiger partial charge in [0.2, 0.25) is 0 Å². The molecule has 1 saturated heterocycles. The lowest BCUT2D eigenvalue weighted by atomic mass is 9.94. The molecular formula is C10H14O4. The molecule has 0 aromatic heterocycles. The van der Waals surface area contributed by atoms with Crippen LogP contribution in [-0.4, -0.2) is 24.0 Å². The third kappa shape index (κ3) is 2.34. The van der Waals surface area contributed by atoms with Crippen molar-refractivity contribution in [3.63, 3.8) is 0 Å². The van der Waals surface area contributed by atoms with Crippen LogP contribution in [0.5, 0.6) is 0 Å². The molecule has 4 heteroatoms. The van der Waals surface area contributed by atoms with Crippen molar-refractivity contribution in [2.45, 2.75) is 32.8 Å². The molecule has 1 aliphatic heterocycles. The van der Waals surface area contributed by atoms with Gasteiger partial charge in [-0.15, -0.1) is 0 Å². The van der Waals surface area contributed by atoms with Gasteiger partial charge in [0.15, 0.2) is 5.78 Å². The first-order chi connectivity index (χ1) is 6.46. The Morgan fingerprint density at radius 3 is 2.64 bits per heavy atom. The Morgan fingerprint density at radius 1 is 1.50 bits per heavy atom. The number of cyclic esters (lactones) is 1. The van der Waals surface area contributed by atoms with Crippen LogP contribution in [0.1, 0.15) is 27.2 Å². The van der Waals surface area contributed by atoms with E-state index < -0.39 is 11.6 Å². The van der Waals surface area contributed by atoms with Gasteiger partial charge in [-0.25, -0.2) is 4.79 Å². The summed E-state index contributed by atoms with van der Waals surface area (Å²) in [5.74, 6) is -0.820. The SMILES string of the molecule is CCO/C=C1/C(=O)CC(C)(C)OC1=O. The summed E-state index contributed by atoms with van der Waals surface area (Å²) >= 11 is 0. The van der Waals surface area contributed by atoms with Gasteiger partial charge in [-0.05, 0) is 20.8 Å². The predicted octanol–water partition coefficient (Wildman–Crippen LogP) is 1.20. The van der Waals surface area contributed by atoms with Crippen molar-refractivity contribution in [1.82, 2.24) is 0 Å². The molecule has 1 fully saturated rings. The van der Waals surface area contributed by atoms with Crippen LogP contribution >= 0.6 is 0 Å². The second kappa shape index (κ2) is 3.82. The maximum Gasteiger partial charge on any atom is 0.345 e. The van der Waals surface area contributed by atoms with Gasteiger partial charge in [0.05, 0.1) is 13.0 Å². The molecule has 0 aromatic carbocycles. The number of ketones is 1. The Balaban J connectivity index is 2.81. The first-order valence-electron chi connectivity index (χ1n) is 4.54. The monoisotopic (exact) mass is 198 g/mol. The van der Waals surface area contributed by atoms with Crippen molar-refractivity contribution in [3.05, 3.63) is 11.8 Å². The molecule has 4 nitrogen and oxygen atoms in total. The molecule has 0 spiro atoms. The Labute approximate surface area is 82.9 Å². The van der Waals surface area contributed by atoms with Crippen LogP contribution in [-0.2, 0) is 19.1 Å². The summed E-state index contributed by atoms with van der Waals surface area (Å²) in [6.45, 7) is 5.62. The molecule has 1 heterocycles. The van der Waals surface area contributed by atoms with Crippen molar-refractivity contribution in [1.29, 1.82) is 0 Å². The Hall–Kier alpha value is -1.32. The third-order valence-corrected chi connectivity index (χ3v) is 1.84. The first-order valence-corrected chi connectivity index (χ1v) is 4.54. The van der Waals surface area contributed by atoms with Crippen molar-refractivity contribution in [2.75, 3.05) is 6.61 Å². The minimum absolute atomic E-state index is 0.00572. The van der Waals surface area contributed by atoms with Crippen LogP contribution in [0.4, 0.5) is 0 Å². The molecule has 0 amide bonds. The summed E-state index contributed by atoms with van der Waals surface area (Å²) in [5.41, 5.74) is -0.691. The normalized spacial score (nSPS) is 23.5. The molecule has 1 aliphatic rings. The zero-order valence-electron chi connectivity index (χ0n) is 8.62. The van der Waals surface area contributed by atoms with Gasteiger partial charge < -0.3 is 9.47 Å². The van der Waals surface area contributed by atoms with Crippen molar-refractivity contribution in [3.8, 4) is 0 Å². The van der Waals surface area contributed by atoms with Crippen LogP contribution < -0.4 is 0 Å². The van der Waals surface area contributed by atoms with E-state index >= 15 is 0 Å². The van der Waals surface area contributed by atoms with E-state index in [4.69, 9.17) is 9.47 Å². The van der Waals surface area contributed by atoms with Crippen molar-refractivity contribution >= 4 is 11.8 Å². The molecular weight excluding hydrogens is 184 g/mol. The number of hydrogen-bond donors (Lipinski definition) is 0. The predicted molar refractivity (Wildman–Crippen MR) is 49.5 cm³/mol. The van der Waals surface area contributed by atoms with Gasteiger partial charge in [-0.2, -0.15) is 0 Å². The summed E-state index contributed by atoms with van der Waals surface area (Å²) in [5, 5.41) is 0. The number of carbonyl (C=O) groups is 2. The molecule has 1 rings (SSSR count). The van der Waals surface area contributed by atoms with Gasteiger partial charge in [-0.3, -0.25) is 4.79 Å². The van der Waals surface area contributed by atoms with Crippen LogP contribution in [0.25, 0.3) is 0 Å². The van der Waals surface area contributed by atoms with Crippen molar-refractivity contribution in [2.24, 2.45) is 0 Å². The highest BCUT2D eigenvalue weighted by Crippen LogP contribution is 2.25. The van der Waals surface area contributed by atoms with E-state index in [1.165, 1.54) is 6.26 Å². The molecule has 78 valence electrons. The van der Waals surface area contributed by atoms with E-state index in [2.05, 4.69) is 0 Å². The number of carbonyl (C=O) groups excluding carboxylic acids is 2. The summed E-state index contributed by atoms with van der Waals surface area (Å²) < 4.78 is 9.94. The average molecular weight is 198 g/mol. The third-order valence-electron chi connectivity index (χ3n) is 1.84. The van der Waals surface area contributed by atoms with Crippen LogP contribution in [0, 0.1) is 0 Å².